The fourth-order valence-corrected chi connectivity index (χ4v) is 3.82. The summed E-state index contributed by atoms with van der Waals surface area (Å²) in [5.74, 6) is 0.831. The number of aromatic hydroxyl groups is 1. The SMILES string of the molecule is O=C(Nc1cc(Cl)ccc1O)C1CCN(CC2CCNCC2)CC1. The molecule has 6 heteroatoms. The zero-order chi connectivity index (χ0) is 16.9. The van der Waals surface area contributed by atoms with E-state index in [-0.39, 0.29) is 17.6 Å². The molecule has 0 unspecified atom stereocenters. The third kappa shape index (κ3) is 4.62. The van der Waals surface area contributed by atoms with E-state index in [0.29, 0.717) is 10.7 Å². The molecule has 24 heavy (non-hydrogen) atoms. The molecule has 132 valence electrons. The number of likely N-dealkylation sites (tertiary alicyclic amines) is 1. The molecule has 2 saturated heterocycles. The minimum atomic E-state index is -0.0194. The number of halogens is 1. The summed E-state index contributed by atoms with van der Waals surface area (Å²) in [6.07, 6.45) is 4.26. The van der Waals surface area contributed by atoms with Gasteiger partial charge in [0.15, 0.2) is 0 Å². The summed E-state index contributed by atoms with van der Waals surface area (Å²) in [5.41, 5.74) is 0.393. The summed E-state index contributed by atoms with van der Waals surface area (Å²) in [7, 11) is 0. The second kappa shape index (κ2) is 8.19. The van der Waals surface area contributed by atoms with Gasteiger partial charge in [-0.25, -0.2) is 0 Å². The van der Waals surface area contributed by atoms with Crippen molar-refractivity contribution < 1.29 is 9.90 Å². The van der Waals surface area contributed by atoms with Gasteiger partial charge in [0.1, 0.15) is 5.75 Å². The summed E-state index contributed by atoms with van der Waals surface area (Å²) < 4.78 is 0. The van der Waals surface area contributed by atoms with Gasteiger partial charge in [0, 0.05) is 17.5 Å². The molecule has 2 heterocycles. The van der Waals surface area contributed by atoms with E-state index < -0.39 is 0 Å². The molecule has 0 atom stereocenters. The maximum absolute atomic E-state index is 12.4. The van der Waals surface area contributed by atoms with E-state index in [1.165, 1.54) is 18.9 Å². The van der Waals surface area contributed by atoms with E-state index in [4.69, 9.17) is 11.6 Å². The average Bonchev–Trinajstić information content (AvgIpc) is 2.60. The third-order valence-electron chi connectivity index (χ3n) is 5.15. The summed E-state index contributed by atoms with van der Waals surface area (Å²) in [6, 6.07) is 4.69. The lowest BCUT2D eigenvalue weighted by atomic mass is 9.93. The topological polar surface area (TPSA) is 64.6 Å². The predicted molar refractivity (Wildman–Crippen MR) is 96.5 cm³/mol. The van der Waals surface area contributed by atoms with Crippen LogP contribution in [-0.2, 0) is 4.79 Å². The molecule has 2 aliphatic heterocycles. The Labute approximate surface area is 148 Å². The zero-order valence-electron chi connectivity index (χ0n) is 13.9. The van der Waals surface area contributed by atoms with Crippen LogP contribution in [0.15, 0.2) is 18.2 Å². The molecular weight excluding hydrogens is 326 g/mol. The van der Waals surface area contributed by atoms with Crippen molar-refractivity contribution in [3.05, 3.63) is 23.2 Å². The van der Waals surface area contributed by atoms with Gasteiger partial charge in [-0.2, -0.15) is 0 Å². The fraction of sp³-hybridized carbons (Fsp3) is 0.611. The second-order valence-electron chi connectivity index (χ2n) is 6.92. The van der Waals surface area contributed by atoms with E-state index >= 15 is 0 Å². The molecule has 0 bridgehead atoms. The minimum absolute atomic E-state index is 0.00709. The number of nitrogens with zero attached hydrogens (tertiary/aromatic N) is 1. The second-order valence-corrected chi connectivity index (χ2v) is 7.36. The molecule has 1 aromatic carbocycles. The third-order valence-corrected chi connectivity index (χ3v) is 5.39. The molecule has 0 saturated carbocycles. The molecule has 1 amide bonds. The van der Waals surface area contributed by atoms with Gasteiger partial charge in [0.2, 0.25) is 5.91 Å². The number of hydrogen-bond acceptors (Lipinski definition) is 4. The van der Waals surface area contributed by atoms with Crippen molar-refractivity contribution >= 4 is 23.2 Å². The van der Waals surface area contributed by atoms with Crippen molar-refractivity contribution in [2.45, 2.75) is 25.7 Å². The quantitative estimate of drug-likeness (QED) is 0.730. The highest BCUT2D eigenvalue weighted by molar-refractivity contribution is 6.31. The first-order valence-electron chi connectivity index (χ1n) is 8.84. The molecule has 3 rings (SSSR count). The highest BCUT2D eigenvalue weighted by Gasteiger charge is 2.27. The number of carbonyl (C=O) groups excluding carboxylic acids is 1. The van der Waals surface area contributed by atoms with Crippen LogP contribution in [0.5, 0.6) is 5.75 Å². The number of rotatable bonds is 4. The monoisotopic (exact) mass is 351 g/mol. The standard InChI is InChI=1S/C18H26ClN3O2/c19-15-1-2-17(23)16(11-15)21-18(24)14-5-9-22(10-6-14)12-13-3-7-20-8-4-13/h1-2,11,13-14,20,23H,3-10,12H2,(H,21,24). The van der Waals surface area contributed by atoms with Crippen molar-refractivity contribution in [1.29, 1.82) is 0 Å². The minimum Gasteiger partial charge on any atom is -0.506 e. The number of carbonyl (C=O) groups is 1. The Morgan fingerprint density at radius 2 is 1.96 bits per heavy atom. The number of benzene rings is 1. The summed E-state index contributed by atoms with van der Waals surface area (Å²) in [6.45, 7) is 5.37. The van der Waals surface area contributed by atoms with Gasteiger partial charge in [-0.3, -0.25) is 4.79 Å². The molecule has 0 aromatic heterocycles. The Kier molecular flexibility index (Phi) is 5.98. The van der Waals surface area contributed by atoms with Crippen molar-refractivity contribution in [2.24, 2.45) is 11.8 Å². The van der Waals surface area contributed by atoms with Crippen molar-refractivity contribution in [1.82, 2.24) is 10.2 Å². The van der Waals surface area contributed by atoms with Crippen LogP contribution < -0.4 is 10.6 Å². The number of nitrogens with one attached hydrogen (secondary N) is 2. The molecule has 3 N–H and O–H groups in total. The Morgan fingerprint density at radius 1 is 1.25 bits per heavy atom. The largest absolute Gasteiger partial charge is 0.506 e. The number of anilines is 1. The first kappa shape index (κ1) is 17.5. The Bertz CT molecular complexity index is 567. The first-order valence-corrected chi connectivity index (χ1v) is 9.22. The van der Waals surface area contributed by atoms with Crippen LogP contribution in [0.25, 0.3) is 0 Å². The maximum atomic E-state index is 12.4. The van der Waals surface area contributed by atoms with Crippen LogP contribution in [0.1, 0.15) is 25.7 Å². The highest BCUT2D eigenvalue weighted by Crippen LogP contribution is 2.28. The number of phenols is 1. The van der Waals surface area contributed by atoms with Crippen LogP contribution in [0.3, 0.4) is 0 Å². The van der Waals surface area contributed by atoms with Crippen LogP contribution in [0, 0.1) is 11.8 Å². The van der Waals surface area contributed by atoms with Gasteiger partial charge in [0.25, 0.3) is 0 Å². The number of hydrogen-bond donors (Lipinski definition) is 3. The lowest BCUT2D eigenvalue weighted by molar-refractivity contribution is -0.121. The van der Waals surface area contributed by atoms with E-state index in [1.807, 2.05) is 0 Å². The lowest BCUT2D eigenvalue weighted by Gasteiger charge is -2.35. The summed E-state index contributed by atoms with van der Waals surface area (Å²) in [5, 5.41) is 16.5. The molecule has 2 aliphatic rings. The highest BCUT2D eigenvalue weighted by atomic mass is 35.5. The first-order chi connectivity index (χ1) is 11.6. The lowest BCUT2D eigenvalue weighted by Crippen LogP contribution is -2.42. The fourth-order valence-electron chi connectivity index (χ4n) is 3.65. The van der Waals surface area contributed by atoms with Gasteiger partial charge in [-0.1, -0.05) is 11.6 Å². The van der Waals surface area contributed by atoms with Gasteiger partial charge < -0.3 is 20.6 Å². The van der Waals surface area contributed by atoms with Gasteiger partial charge in [-0.05, 0) is 76.0 Å². The molecule has 1 aromatic rings. The summed E-state index contributed by atoms with van der Waals surface area (Å²) in [4.78, 5) is 14.9. The molecule has 0 radical (unpaired) electrons. The van der Waals surface area contributed by atoms with Crippen LogP contribution in [0.4, 0.5) is 5.69 Å². The molecular formula is C18H26ClN3O2. The zero-order valence-corrected chi connectivity index (χ0v) is 14.7. The van der Waals surface area contributed by atoms with Crippen LogP contribution >= 0.6 is 11.6 Å². The molecule has 0 spiro atoms. The molecule has 5 nitrogen and oxygen atoms in total. The predicted octanol–water partition coefficient (Wildman–Crippen LogP) is 2.70. The smallest absolute Gasteiger partial charge is 0.227 e. The Hall–Kier alpha value is -1.30. The average molecular weight is 352 g/mol. The van der Waals surface area contributed by atoms with E-state index in [1.54, 1.807) is 12.1 Å². The number of phenolic OH excluding ortho intramolecular Hbond substituents is 1. The van der Waals surface area contributed by atoms with E-state index in [0.717, 1.165) is 51.5 Å². The molecule has 2 fully saturated rings. The molecule has 0 aliphatic carbocycles. The maximum Gasteiger partial charge on any atom is 0.227 e. The van der Waals surface area contributed by atoms with Crippen molar-refractivity contribution in [2.75, 3.05) is 38.0 Å². The Balaban J connectivity index is 1.47. The van der Waals surface area contributed by atoms with Crippen molar-refractivity contribution in [3.63, 3.8) is 0 Å². The number of piperidine rings is 2. The van der Waals surface area contributed by atoms with Gasteiger partial charge in [-0.15, -0.1) is 0 Å². The van der Waals surface area contributed by atoms with E-state index in [2.05, 4.69) is 15.5 Å². The summed E-state index contributed by atoms with van der Waals surface area (Å²) >= 11 is 5.92. The van der Waals surface area contributed by atoms with Gasteiger partial charge >= 0.3 is 0 Å². The normalized spacial score (nSPS) is 20.9. The van der Waals surface area contributed by atoms with Crippen LogP contribution in [-0.4, -0.2) is 48.6 Å². The van der Waals surface area contributed by atoms with E-state index in [9.17, 15) is 9.90 Å². The number of amides is 1. The Morgan fingerprint density at radius 3 is 2.67 bits per heavy atom. The van der Waals surface area contributed by atoms with Crippen molar-refractivity contribution in [3.8, 4) is 5.75 Å². The van der Waals surface area contributed by atoms with Crippen LogP contribution in [0.2, 0.25) is 5.02 Å². The van der Waals surface area contributed by atoms with Gasteiger partial charge in [0.05, 0.1) is 5.69 Å².